The van der Waals surface area contributed by atoms with Gasteiger partial charge in [-0.1, -0.05) is 0 Å². The predicted molar refractivity (Wildman–Crippen MR) is 106 cm³/mol. The van der Waals surface area contributed by atoms with Crippen LogP contribution in [0.4, 0.5) is 0 Å². The maximum Gasteiger partial charge on any atom is 0.275 e. The van der Waals surface area contributed by atoms with E-state index in [9.17, 15) is 14.4 Å². The van der Waals surface area contributed by atoms with Crippen molar-refractivity contribution in [2.24, 2.45) is 7.05 Å². The van der Waals surface area contributed by atoms with Gasteiger partial charge in [0.1, 0.15) is 5.52 Å². The Kier molecular flexibility index (Phi) is 5.21. The molecule has 0 bridgehead atoms. The Labute approximate surface area is 163 Å². The Bertz CT molecular complexity index is 935. The van der Waals surface area contributed by atoms with Crippen molar-refractivity contribution in [2.45, 2.75) is 31.8 Å². The smallest absolute Gasteiger partial charge is 0.275 e. The van der Waals surface area contributed by atoms with E-state index in [1.165, 1.54) is 0 Å². The summed E-state index contributed by atoms with van der Waals surface area (Å²) in [4.78, 5) is 41.0. The highest BCUT2D eigenvalue weighted by atomic mass is 16.2. The number of nitrogens with zero attached hydrogens (tertiary/aromatic N) is 4. The van der Waals surface area contributed by atoms with Gasteiger partial charge < -0.3 is 19.4 Å². The number of rotatable bonds is 6. The van der Waals surface area contributed by atoms with Crippen LogP contribution < -0.4 is 10.9 Å². The van der Waals surface area contributed by atoms with E-state index >= 15 is 0 Å². The van der Waals surface area contributed by atoms with E-state index in [2.05, 4.69) is 10.2 Å². The molecular weight excluding hydrogens is 358 g/mol. The third kappa shape index (κ3) is 4.11. The van der Waals surface area contributed by atoms with Crippen LogP contribution in [0.25, 0.3) is 10.9 Å². The molecule has 2 aromatic heterocycles. The largest absolute Gasteiger partial charge is 0.352 e. The number of hydrogen-bond acceptors (Lipinski definition) is 4. The van der Waals surface area contributed by atoms with Gasteiger partial charge in [0.05, 0.1) is 6.54 Å². The minimum atomic E-state index is -0.0655. The third-order valence-electron chi connectivity index (χ3n) is 5.60. The first kappa shape index (κ1) is 18.7. The molecule has 0 unspecified atom stereocenters. The van der Waals surface area contributed by atoms with Crippen LogP contribution in [-0.4, -0.2) is 69.5 Å². The standard InChI is InChI=1S/C20H27N5O3/c1-22-7-4-15-5-8-25(20(28)19(15)22)9-6-18(27)24-12-10-23(11-13-24)14-17(26)21-16-2-3-16/h4-5,7-8,16H,2-3,6,9-14H2,1H3,(H,21,26). The van der Waals surface area contributed by atoms with Gasteiger partial charge in [0.2, 0.25) is 11.8 Å². The molecule has 0 spiro atoms. The number of nitrogens with one attached hydrogen (secondary N) is 1. The van der Waals surface area contributed by atoms with Crippen molar-refractivity contribution in [1.82, 2.24) is 24.3 Å². The molecule has 28 heavy (non-hydrogen) atoms. The van der Waals surface area contributed by atoms with E-state index < -0.39 is 0 Å². The monoisotopic (exact) mass is 385 g/mol. The zero-order chi connectivity index (χ0) is 19.7. The highest BCUT2D eigenvalue weighted by molar-refractivity contribution is 5.79. The number of amides is 2. The lowest BCUT2D eigenvalue weighted by Gasteiger charge is -2.34. The molecule has 2 aliphatic rings. The first-order chi connectivity index (χ1) is 13.5. The van der Waals surface area contributed by atoms with Gasteiger partial charge >= 0.3 is 0 Å². The normalized spacial score (nSPS) is 17.8. The lowest BCUT2D eigenvalue weighted by atomic mass is 10.2. The zero-order valence-electron chi connectivity index (χ0n) is 16.3. The SMILES string of the molecule is Cn1ccc2ccn(CCC(=O)N3CCN(CC(=O)NC4CC4)CC3)c(=O)c21. The average Bonchev–Trinajstić information content (AvgIpc) is 3.41. The van der Waals surface area contributed by atoms with Crippen molar-refractivity contribution in [2.75, 3.05) is 32.7 Å². The molecule has 0 atom stereocenters. The van der Waals surface area contributed by atoms with E-state index in [0.29, 0.717) is 57.2 Å². The summed E-state index contributed by atoms with van der Waals surface area (Å²) in [5, 5.41) is 3.91. The maximum atomic E-state index is 12.6. The van der Waals surface area contributed by atoms with E-state index in [1.54, 1.807) is 10.8 Å². The number of aryl methyl sites for hydroxylation is 2. The Balaban J connectivity index is 1.27. The van der Waals surface area contributed by atoms with Crippen LogP contribution >= 0.6 is 0 Å². The minimum Gasteiger partial charge on any atom is -0.352 e. The summed E-state index contributed by atoms with van der Waals surface area (Å²) >= 11 is 0. The molecule has 1 N–H and O–H groups in total. The lowest BCUT2D eigenvalue weighted by Crippen LogP contribution is -2.51. The first-order valence-electron chi connectivity index (χ1n) is 9.95. The summed E-state index contributed by atoms with van der Waals surface area (Å²) in [7, 11) is 1.85. The van der Waals surface area contributed by atoms with Gasteiger partial charge in [-0.2, -0.15) is 0 Å². The number of carbonyl (C=O) groups is 2. The van der Waals surface area contributed by atoms with Crippen LogP contribution in [0.15, 0.2) is 29.3 Å². The maximum absolute atomic E-state index is 12.6. The minimum absolute atomic E-state index is 0.0564. The van der Waals surface area contributed by atoms with Crippen molar-refractivity contribution in [3.05, 3.63) is 34.9 Å². The lowest BCUT2D eigenvalue weighted by molar-refractivity contribution is -0.133. The summed E-state index contributed by atoms with van der Waals surface area (Å²) in [5.74, 6) is 0.138. The highest BCUT2D eigenvalue weighted by Crippen LogP contribution is 2.18. The topological polar surface area (TPSA) is 79.6 Å². The third-order valence-corrected chi connectivity index (χ3v) is 5.60. The van der Waals surface area contributed by atoms with Crippen molar-refractivity contribution in [3.63, 3.8) is 0 Å². The molecular formula is C20H27N5O3. The second-order valence-corrected chi connectivity index (χ2v) is 7.79. The van der Waals surface area contributed by atoms with Crippen LogP contribution in [0.1, 0.15) is 19.3 Å². The second kappa shape index (κ2) is 7.79. The van der Waals surface area contributed by atoms with Gasteiger partial charge in [0.15, 0.2) is 0 Å². The average molecular weight is 385 g/mol. The van der Waals surface area contributed by atoms with Gasteiger partial charge in [0, 0.05) is 70.0 Å². The van der Waals surface area contributed by atoms with Gasteiger partial charge in [-0.3, -0.25) is 19.3 Å². The molecule has 2 amide bonds. The molecule has 1 aliphatic carbocycles. The summed E-state index contributed by atoms with van der Waals surface area (Å²) < 4.78 is 3.42. The van der Waals surface area contributed by atoms with Crippen molar-refractivity contribution in [1.29, 1.82) is 0 Å². The van der Waals surface area contributed by atoms with Gasteiger partial charge in [0.25, 0.3) is 5.56 Å². The Morgan fingerprint density at radius 1 is 1.11 bits per heavy atom. The number of hydrogen-bond donors (Lipinski definition) is 1. The molecule has 0 radical (unpaired) electrons. The fourth-order valence-electron chi connectivity index (χ4n) is 3.74. The molecule has 8 heteroatoms. The van der Waals surface area contributed by atoms with E-state index in [-0.39, 0.29) is 17.4 Å². The van der Waals surface area contributed by atoms with E-state index in [0.717, 1.165) is 18.2 Å². The van der Waals surface area contributed by atoms with E-state index in [1.807, 2.05) is 34.8 Å². The summed E-state index contributed by atoms with van der Waals surface area (Å²) in [6.07, 6.45) is 6.11. The van der Waals surface area contributed by atoms with Crippen LogP contribution in [0.2, 0.25) is 0 Å². The van der Waals surface area contributed by atoms with Gasteiger partial charge in [-0.05, 0) is 25.0 Å². The van der Waals surface area contributed by atoms with Gasteiger partial charge in [-0.25, -0.2) is 0 Å². The fraction of sp³-hybridized carbons (Fsp3) is 0.550. The number of pyridine rings is 1. The molecule has 150 valence electrons. The summed E-state index contributed by atoms with van der Waals surface area (Å²) in [6, 6.07) is 4.21. The molecule has 3 heterocycles. The number of carbonyl (C=O) groups excluding carboxylic acids is 2. The van der Waals surface area contributed by atoms with Crippen molar-refractivity contribution < 1.29 is 9.59 Å². The second-order valence-electron chi connectivity index (χ2n) is 7.79. The molecule has 1 aliphatic heterocycles. The first-order valence-corrected chi connectivity index (χ1v) is 9.95. The Hall–Kier alpha value is -2.61. The number of aromatic nitrogens is 2. The van der Waals surface area contributed by atoms with Crippen molar-refractivity contribution >= 4 is 22.7 Å². The molecule has 1 saturated heterocycles. The molecule has 4 rings (SSSR count). The van der Waals surface area contributed by atoms with Crippen molar-refractivity contribution in [3.8, 4) is 0 Å². The summed E-state index contributed by atoms with van der Waals surface area (Å²) in [5.41, 5.74) is 0.595. The highest BCUT2D eigenvalue weighted by Gasteiger charge is 2.26. The molecule has 1 saturated carbocycles. The van der Waals surface area contributed by atoms with Crippen LogP contribution in [0.3, 0.4) is 0 Å². The quantitative estimate of drug-likeness (QED) is 0.768. The van der Waals surface area contributed by atoms with E-state index in [4.69, 9.17) is 0 Å². The predicted octanol–water partition coefficient (Wildman–Crippen LogP) is 0.153. The number of fused-ring (bicyclic) bond motifs is 1. The number of piperazine rings is 1. The molecule has 0 aromatic carbocycles. The summed E-state index contributed by atoms with van der Waals surface area (Å²) in [6.45, 7) is 3.45. The Morgan fingerprint density at radius 2 is 1.82 bits per heavy atom. The Morgan fingerprint density at radius 3 is 2.54 bits per heavy atom. The zero-order valence-corrected chi connectivity index (χ0v) is 16.3. The van der Waals surface area contributed by atoms with Crippen LogP contribution in [-0.2, 0) is 23.2 Å². The molecule has 2 fully saturated rings. The fourth-order valence-corrected chi connectivity index (χ4v) is 3.74. The van der Waals surface area contributed by atoms with Crippen LogP contribution in [0.5, 0.6) is 0 Å². The van der Waals surface area contributed by atoms with Gasteiger partial charge in [-0.15, -0.1) is 0 Å². The van der Waals surface area contributed by atoms with Crippen LogP contribution in [0, 0.1) is 0 Å². The molecule has 8 nitrogen and oxygen atoms in total. The molecule has 2 aromatic rings.